The average Bonchev–Trinajstić information content (AvgIpc) is 3.08. The molecule has 1 fully saturated rings. The van der Waals surface area contributed by atoms with Gasteiger partial charge in [0.25, 0.3) is 0 Å². The molecule has 5 nitrogen and oxygen atoms in total. The number of rotatable bonds is 12. The van der Waals surface area contributed by atoms with E-state index in [-0.39, 0.29) is 5.97 Å². The summed E-state index contributed by atoms with van der Waals surface area (Å²) in [5.41, 5.74) is 0. The monoisotopic (exact) mass is 357 g/mol. The van der Waals surface area contributed by atoms with Gasteiger partial charge in [-0.25, -0.2) is 0 Å². The third-order valence-corrected chi connectivity index (χ3v) is 5.36. The lowest BCUT2D eigenvalue weighted by atomic mass is 10.1. The first kappa shape index (κ1) is 21.1. The maximum Gasteiger partial charge on any atom is 0.305 e. The topological polar surface area (TPSA) is 62.7 Å². The van der Waals surface area contributed by atoms with Crippen molar-refractivity contribution in [3.05, 3.63) is 0 Å². The van der Waals surface area contributed by atoms with Crippen LogP contribution in [0.1, 0.15) is 65.2 Å². The van der Waals surface area contributed by atoms with Gasteiger partial charge in [0.1, 0.15) is 0 Å². The zero-order valence-corrected chi connectivity index (χ0v) is 16.3. The van der Waals surface area contributed by atoms with E-state index in [9.17, 15) is 4.79 Å². The van der Waals surface area contributed by atoms with E-state index in [0.29, 0.717) is 18.3 Å². The summed E-state index contributed by atoms with van der Waals surface area (Å²) in [4.78, 5) is 15.9. The predicted molar refractivity (Wildman–Crippen MR) is 104 cm³/mol. The summed E-state index contributed by atoms with van der Waals surface area (Å²) in [6.07, 6.45) is 8.75. The van der Waals surface area contributed by atoms with Gasteiger partial charge in [-0.05, 0) is 45.3 Å². The van der Waals surface area contributed by atoms with Crippen LogP contribution in [-0.2, 0) is 9.53 Å². The Morgan fingerprint density at radius 2 is 1.96 bits per heavy atom. The van der Waals surface area contributed by atoms with Crippen molar-refractivity contribution in [2.24, 2.45) is 4.99 Å². The summed E-state index contributed by atoms with van der Waals surface area (Å²) in [6.45, 7) is 7.22. The number of esters is 1. The van der Waals surface area contributed by atoms with E-state index in [1.54, 1.807) is 0 Å². The second-order valence-electron chi connectivity index (χ2n) is 6.10. The van der Waals surface area contributed by atoms with Crippen LogP contribution in [0, 0.1) is 0 Å². The average molecular weight is 358 g/mol. The van der Waals surface area contributed by atoms with Crippen LogP contribution in [0.5, 0.6) is 0 Å². The highest BCUT2D eigenvalue weighted by Gasteiger charge is 2.14. The van der Waals surface area contributed by atoms with Gasteiger partial charge in [-0.3, -0.25) is 9.79 Å². The third kappa shape index (κ3) is 10.8. The molecule has 1 atom stereocenters. The number of hydrogen-bond donors (Lipinski definition) is 2. The molecule has 140 valence electrons. The number of guanidine groups is 1. The van der Waals surface area contributed by atoms with Crippen LogP contribution in [0.2, 0.25) is 0 Å². The molecule has 1 unspecified atom stereocenters. The van der Waals surface area contributed by atoms with E-state index in [0.717, 1.165) is 44.9 Å². The first-order valence-electron chi connectivity index (χ1n) is 9.55. The van der Waals surface area contributed by atoms with Gasteiger partial charge < -0.3 is 15.4 Å². The van der Waals surface area contributed by atoms with Crippen molar-refractivity contribution in [2.75, 3.05) is 32.0 Å². The molecule has 24 heavy (non-hydrogen) atoms. The van der Waals surface area contributed by atoms with Crippen LogP contribution >= 0.6 is 11.8 Å². The quantitative estimate of drug-likeness (QED) is 0.243. The molecule has 1 heterocycles. The van der Waals surface area contributed by atoms with Crippen LogP contribution in [-0.4, -0.2) is 49.2 Å². The molecule has 0 aromatic heterocycles. The highest BCUT2D eigenvalue weighted by molar-refractivity contribution is 8.00. The van der Waals surface area contributed by atoms with E-state index < -0.39 is 0 Å². The molecule has 1 saturated heterocycles. The van der Waals surface area contributed by atoms with Gasteiger partial charge >= 0.3 is 5.97 Å². The Balaban J connectivity index is 2.02. The van der Waals surface area contributed by atoms with Gasteiger partial charge in [0.15, 0.2) is 5.96 Å². The summed E-state index contributed by atoms with van der Waals surface area (Å²) in [5.74, 6) is 2.18. The minimum atomic E-state index is -0.0638. The van der Waals surface area contributed by atoms with E-state index >= 15 is 0 Å². The van der Waals surface area contributed by atoms with E-state index in [1.165, 1.54) is 31.4 Å². The second kappa shape index (κ2) is 14.4. The normalized spacial score (nSPS) is 17.8. The number of ether oxygens (including phenoxy) is 1. The molecule has 0 aromatic rings. The molecule has 0 radical (unpaired) electrons. The van der Waals surface area contributed by atoms with Crippen molar-refractivity contribution < 1.29 is 9.53 Å². The fourth-order valence-electron chi connectivity index (χ4n) is 2.69. The van der Waals surface area contributed by atoms with Crippen LogP contribution in [0.3, 0.4) is 0 Å². The SMILES string of the molecule is CCNC(=NCC1CCCS1)NCCCCCCCC(=O)OCC. The zero-order valence-electron chi connectivity index (χ0n) is 15.4. The Morgan fingerprint density at radius 1 is 1.17 bits per heavy atom. The van der Waals surface area contributed by atoms with Gasteiger partial charge in [-0.2, -0.15) is 11.8 Å². The largest absolute Gasteiger partial charge is 0.466 e. The van der Waals surface area contributed by atoms with Gasteiger partial charge in [-0.1, -0.05) is 19.3 Å². The first-order chi connectivity index (χ1) is 11.8. The number of unbranched alkanes of at least 4 members (excludes halogenated alkanes) is 4. The predicted octanol–water partition coefficient (Wildman–Crippen LogP) is 3.34. The summed E-state index contributed by atoms with van der Waals surface area (Å²) in [5, 5.41) is 7.45. The molecule has 2 N–H and O–H groups in total. The van der Waals surface area contributed by atoms with E-state index in [1.807, 2.05) is 6.92 Å². The Bertz CT molecular complexity index is 358. The molecule has 0 amide bonds. The van der Waals surface area contributed by atoms with E-state index in [4.69, 9.17) is 9.73 Å². The van der Waals surface area contributed by atoms with Crippen molar-refractivity contribution in [3.63, 3.8) is 0 Å². The smallest absolute Gasteiger partial charge is 0.305 e. The Kier molecular flexibility index (Phi) is 12.7. The Morgan fingerprint density at radius 3 is 2.67 bits per heavy atom. The number of carbonyl (C=O) groups excluding carboxylic acids is 1. The van der Waals surface area contributed by atoms with Gasteiger partial charge in [0.2, 0.25) is 0 Å². The molecule has 0 bridgehead atoms. The number of thioether (sulfide) groups is 1. The lowest BCUT2D eigenvalue weighted by Gasteiger charge is -2.12. The van der Waals surface area contributed by atoms with Crippen molar-refractivity contribution >= 4 is 23.7 Å². The number of hydrogen-bond acceptors (Lipinski definition) is 4. The minimum absolute atomic E-state index is 0.0638. The standard InChI is InChI=1S/C18H35N3O2S/c1-3-19-18(21-15-16-11-10-14-24-16)20-13-9-7-5-6-8-12-17(22)23-4-2/h16H,3-15H2,1-2H3,(H2,19,20,21). The van der Waals surface area contributed by atoms with Crippen LogP contribution in [0.15, 0.2) is 4.99 Å². The number of nitrogens with one attached hydrogen (secondary N) is 2. The molecular formula is C18H35N3O2S. The Hall–Kier alpha value is -0.910. The minimum Gasteiger partial charge on any atom is -0.466 e. The molecule has 1 aliphatic heterocycles. The van der Waals surface area contributed by atoms with Gasteiger partial charge in [0, 0.05) is 24.8 Å². The third-order valence-electron chi connectivity index (χ3n) is 3.98. The summed E-state index contributed by atoms with van der Waals surface area (Å²) >= 11 is 2.05. The van der Waals surface area contributed by atoms with Crippen molar-refractivity contribution in [2.45, 2.75) is 70.5 Å². The van der Waals surface area contributed by atoms with Gasteiger partial charge in [-0.15, -0.1) is 0 Å². The van der Waals surface area contributed by atoms with Crippen LogP contribution in [0.4, 0.5) is 0 Å². The van der Waals surface area contributed by atoms with E-state index in [2.05, 4.69) is 29.3 Å². The van der Waals surface area contributed by atoms with Crippen LogP contribution in [0.25, 0.3) is 0 Å². The molecule has 0 aromatic carbocycles. The molecule has 1 aliphatic rings. The highest BCUT2D eigenvalue weighted by atomic mass is 32.2. The summed E-state index contributed by atoms with van der Waals surface area (Å²) in [6, 6.07) is 0. The summed E-state index contributed by atoms with van der Waals surface area (Å²) in [7, 11) is 0. The molecule has 1 rings (SSSR count). The molecule has 0 aliphatic carbocycles. The second-order valence-corrected chi connectivity index (χ2v) is 7.51. The first-order valence-corrected chi connectivity index (χ1v) is 10.6. The van der Waals surface area contributed by atoms with Crippen LogP contribution < -0.4 is 10.6 Å². The summed E-state index contributed by atoms with van der Waals surface area (Å²) < 4.78 is 4.93. The number of nitrogens with zero attached hydrogens (tertiary/aromatic N) is 1. The fraction of sp³-hybridized carbons (Fsp3) is 0.889. The maximum atomic E-state index is 11.2. The lowest BCUT2D eigenvalue weighted by Crippen LogP contribution is -2.38. The van der Waals surface area contributed by atoms with Crippen molar-refractivity contribution in [3.8, 4) is 0 Å². The van der Waals surface area contributed by atoms with Crippen molar-refractivity contribution in [1.29, 1.82) is 0 Å². The fourth-order valence-corrected chi connectivity index (χ4v) is 3.87. The zero-order chi connectivity index (χ0) is 17.5. The number of aliphatic imine (C=N–C) groups is 1. The molecule has 6 heteroatoms. The molecule has 0 saturated carbocycles. The lowest BCUT2D eigenvalue weighted by molar-refractivity contribution is -0.143. The van der Waals surface area contributed by atoms with Gasteiger partial charge in [0.05, 0.1) is 13.2 Å². The molecular weight excluding hydrogens is 322 g/mol. The highest BCUT2D eigenvalue weighted by Crippen LogP contribution is 2.25. The van der Waals surface area contributed by atoms with Crippen molar-refractivity contribution in [1.82, 2.24) is 10.6 Å². The Labute approximate surface area is 151 Å². The maximum absolute atomic E-state index is 11.2. The molecule has 0 spiro atoms. The number of carbonyl (C=O) groups is 1.